The normalized spacial score (nSPS) is 21.1. The summed E-state index contributed by atoms with van der Waals surface area (Å²) in [6.45, 7) is 5.24. The second-order valence-corrected chi connectivity index (χ2v) is 8.84. The SMILES string of the molecule is CCCNC(=O)N1CC2(CCN(C)CC2)c2c(n(C)c3cc(OC)ccc23)[C@H]1CO. The fourth-order valence-corrected chi connectivity index (χ4v) is 5.36. The molecular weight excluding hydrogens is 380 g/mol. The molecule has 0 saturated carbocycles. The number of piperidine rings is 1. The monoisotopic (exact) mass is 414 g/mol. The van der Waals surface area contributed by atoms with Gasteiger partial charge in [-0.1, -0.05) is 6.92 Å². The molecule has 0 bridgehead atoms. The molecule has 0 radical (unpaired) electrons. The first-order chi connectivity index (χ1) is 14.5. The number of benzene rings is 1. The quantitative estimate of drug-likeness (QED) is 0.807. The van der Waals surface area contributed by atoms with Gasteiger partial charge in [0.05, 0.1) is 25.3 Å². The standard InChI is InChI=1S/C23H34N4O3/c1-5-10-24-22(29)27-15-23(8-11-25(2)12-9-23)20-17-7-6-16(30-4)13-18(17)26(3)21(20)19(27)14-28/h6-7,13,19,28H,5,8-12,14-15H2,1-4H3,(H,24,29)/t19-/m1/s1. The molecule has 1 aromatic heterocycles. The van der Waals surface area contributed by atoms with Crippen LogP contribution in [0.1, 0.15) is 43.5 Å². The number of carbonyl (C=O) groups is 1. The van der Waals surface area contributed by atoms with Crippen LogP contribution < -0.4 is 10.1 Å². The molecule has 7 nitrogen and oxygen atoms in total. The first kappa shape index (κ1) is 21.0. The number of hydrogen-bond acceptors (Lipinski definition) is 4. The van der Waals surface area contributed by atoms with Gasteiger partial charge in [0, 0.05) is 42.7 Å². The predicted molar refractivity (Wildman–Crippen MR) is 118 cm³/mol. The van der Waals surface area contributed by atoms with Crippen LogP contribution in [0.2, 0.25) is 0 Å². The van der Waals surface area contributed by atoms with Crippen molar-refractivity contribution in [2.45, 2.75) is 37.6 Å². The number of aromatic nitrogens is 1. The molecule has 2 aliphatic heterocycles. The Morgan fingerprint density at radius 3 is 2.67 bits per heavy atom. The summed E-state index contributed by atoms with van der Waals surface area (Å²) < 4.78 is 7.63. The Bertz CT molecular complexity index is 930. The van der Waals surface area contributed by atoms with E-state index >= 15 is 0 Å². The third kappa shape index (κ3) is 3.24. The van der Waals surface area contributed by atoms with Crippen molar-refractivity contribution >= 4 is 16.9 Å². The highest BCUT2D eigenvalue weighted by atomic mass is 16.5. The lowest BCUT2D eigenvalue weighted by atomic mass is 9.68. The third-order valence-electron chi connectivity index (χ3n) is 7.05. The molecule has 1 atom stereocenters. The average Bonchev–Trinajstić information content (AvgIpc) is 3.07. The van der Waals surface area contributed by atoms with Crippen LogP contribution in [-0.4, -0.2) is 72.4 Å². The molecule has 2 aliphatic rings. The van der Waals surface area contributed by atoms with Crippen LogP contribution >= 0.6 is 0 Å². The number of urea groups is 1. The Morgan fingerprint density at radius 1 is 1.30 bits per heavy atom. The van der Waals surface area contributed by atoms with E-state index in [1.165, 1.54) is 10.9 Å². The van der Waals surface area contributed by atoms with Crippen molar-refractivity contribution in [3.05, 3.63) is 29.5 Å². The summed E-state index contributed by atoms with van der Waals surface area (Å²) in [5.41, 5.74) is 3.36. The summed E-state index contributed by atoms with van der Waals surface area (Å²) in [6, 6.07) is 5.79. The van der Waals surface area contributed by atoms with Gasteiger partial charge in [0.1, 0.15) is 5.75 Å². The maximum atomic E-state index is 13.1. The van der Waals surface area contributed by atoms with Gasteiger partial charge in [-0.05, 0) is 57.1 Å². The Balaban J connectivity index is 1.91. The summed E-state index contributed by atoms with van der Waals surface area (Å²) in [5.74, 6) is 0.816. The lowest BCUT2D eigenvalue weighted by Crippen LogP contribution is -2.57. The van der Waals surface area contributed by atoms with Gasteiger partial charge in [-0.25, -0.2) is 4.79 Å². The molecule has 3 heterocycles. The molecule has 164 valence electrons. The van der Waals surface area contributed by atoms with E-state index in [2.05, 4.69) is 34.0 Å². The second kappa shape index (κ2) is 8.12. The second-order valence-electron chi connectivity index (χ2n) is 8.84. The lowest BCUT2D eigenvalue weighted by molar-refractivity contribution is 0.0715. The van der Waals surface area contributed by atoms with Crippen molar-refractivity contribution in [2.75, 3.05) is 46.9 Å². The fourth-order valence-electron chi connectivity index (χ4n) is 5.36. The summed E-state index contributed by atoms with van der Waals surface area (Å²) in [4.78, 5) is 17.4. The van der Waals surface area contributed by atoms with Crippen molar-refractivity contribution in [1.82, 2.24) is 19.7 Å². The largest absolute Gasteiger partial charge is 0.497 e. The first-order valence-corrected chi connectivity index (χ1v) is 11.0. The molecule has 1 fully saturated rings. The molecule has 2 N–H and O–H groups in total. The van der Waals surface area contributed by atoms with Crippen LogP contribution in [0.5, 0.6) is 5.75 Å². The van der Waals surface area contributed by atoms with Crippen molar-refractivity contribution in [1.29, 1.82) is 0 Å². The maximum Gasteiger partial charge on any atom is 0.318 e. The van der Waals surface area contributed by atoms with Crippen molar-refractivity contribution in [3.63, 3.8) is 0 Å². The molecule has 1 aromatic carbocycles. The van der Waals surface area contributed by atoms with E-state index in [0.717, 1.165) is 49.3 Å². The van der Waals surface area contributed by atoms with Crippen molar-refractivity contribution in [3.8, 4) is 5.75 Å². The molecule has 7 heteroatoms. The summed E-state index contributed by atoms with van der Waals surface area (Å²) in [5, 5.41) is 14.6. The summed E-state index contributed by atoms with van der Waals surface area (Å²) in [7, 11) is 5.88. The molecular formula is C23H34N4O3. The van der Waals surface area contributed by atoms with Crippen LogP contribution in [0.25, 0.3) is 10.9 Å². The molecule has 4 rings (SSSR count). The minimum absolute atomic E-state index is 0.0808. The number of hydrogen-bond donors (Lipinski definition) is 2. The van der Waals surface area contributed by atoms with Gasteiger partial charge < -0.3 is 29.5 Å². The number of likely N-dealkylation sites (tertiary alicyclic amines) is 1. The first-order valence-electron chi connectivity index (χ1n) is 11.0. The number of aliphatic hydroxyl groups excluding tert-OH is 1. The zero-order chi connectivity index (χ0) is 21.5. The van der Waals surface area contributed by atoms with Crippen LogP contribution in [0.4, 0.5) is 4.79 Å². The molecule has 2 aromatic rings. The van der Waals surface area contributed by atoms with Gasteiger partial charge in [-0.2, -0.15) is 0 Å². The third-order valence-corrected chi connectivity index (χ3v) is 7.05. The molecule has 30 heavy (non-hydrogen) atoms. The van der Waals surface area contributed by atoms with E-state index in [4.69, 9.17) is 4.74 Å². The molecule has 0 aliphatic carbocycles. The van der Waals surface area contributed by atoms with Gasteiger partial charge in [-0.15, -0.1) is 0 Å². The molecule has 1 saturated heterocycles. The number of carbonyl (C=O) groups excluding carboxylic acids is 1. The number of aryl methyl sites for hydroxylation is 1. The number of ether oxygens (including phenoxy) is 1. The van der Waals surface area contributed by atoms with Gasteiger partial charge in [-0.3, -0.25) is 0 Å². The smallest absolute Gasteiger partial charge is 0.318 e. The zero-order valence-electron chi connectivity index (χ0n) is 18.6. The topological polar surface area (TPSA) is 70.0 Å². The van der Waals surface area contributed by atoms with Gasteiger partial charge >= 0.3 is 6.03 Å². The van der Waals surface area contributed by atoms with Crippen LogP contribution in [-0.2, 0) is 12.5 Å². The maximum absolute atomic E-state index is 13.1. The van der Waals surface area contributed by atoms with Gasteiger partial charge in [0.2, 0.25) is 0 Å². The molecule has 1 spiro atoms. The predicted octanol–water partition coefficient (Wildman–Crippen LogP) is 2.62. The number of nitrogens with one attached hydrogen (secondary N) is 1. The van der Waals surface area contributed by atoms with Crippen LogP contribution in [0.3, 0.4) is 0 Å². The van der Waals surface area contributed by atoms with E-state index in [1.54, 1.807) is 7.11 Å². The van der Waals surface area contributed by atoms with Gasteiger partial charge in [0.15, 0.2) is 0 Å². The van der Waals surface area contributed by atoms with Crippen molar-refractivity contribution in [2.24, 2.45) is 7.05 Å². The Labute approximate surface area is 178 Å². The summed E-state index contributed by atoms with van der Waals surface area (Å²) in [6.07, 6.45) is 2.88. The van der Waals surface area contributed by atoms with E-state index < -0.39 is 0 Å². The number of methoxy groups -OCH3 is 1. The number of aliphatic hydroxyl groups is 1. The molecule has 0 unspecified atom stereocenters. The van der Waals surface area contributed by atoms with Crippen LogP contribution in [0, 0.1) is 0 Å². The lowest BCUT2D eigenvalue weighted by Gasteiger charge is -2.50. The van der Waals surface area contributed by atoms with E-state index in [-0.39, 0.29) is 24.1 Å². The van der Waals surface area contributed by atoms with Crippen LogP contribution in [0.15, 0.2) is 18.2 Å². The summed E-state index contributed by atoms with van der Waals surface area (Å²) >= 11 is 0. The van der Waals surface area contributed by atoms with Crippen molar-refractivity contribution < 1.29 is 14.6 Å². The highest BCUT2D eigenvalue weighted by Gasteiger charge is 2.49. The minimum atomic E-state index is -0.356. The number of rotatable bonds is 4. The van der Waals surface area contributed by atoms with E-state index in [0.29, 0.717) is 13.1 Å². The highest BCUT2D eigenvalue weighted by molar-refractivity contribution is 5.89. The van der Waals surface area contributed by atoms with Gasteiger partial charge in [0.25, 0.3) is 0 Å². The fraction of sp³-hybridized carbons (Fsp3) is 0.609. The Hall–Kier alpha value is -2.25. The van der Waals surface area contributed by atoms with E-state index in [9.17, 15) is 9.90 Å². The number of amides is 2. The molecule has 2 amide bonds. The zero-order valence-corrected chi connectivity index (χ0v) is 18.6. The Morgan fingerprint density at radius 2 is 2.03 bits per heavy atom. The number of nitrogens with zero attached hydrogens (tertiary/aromatic N) is 3. The van der Waals surface area contributed by atoms with E-state index in [1.807, 2.05) is 24.9 Å². The highest BCUT2D eigenvalue weighted by Crippen LogP contribution is 2.49. The average molecular weight is 415 g/mol. The minimum Gasteiger partial charge on any atom is -0.497 e. The Kier molecular flexibility index (Phi) is 5.68. The number of fused-ring (bicyclic) bond motifs is 4.